The van der Waals surface area contributed by atoms with Gasteiger partial charge < -0.3 is 4.74 Å². The topological polar surface area (TPSA) is 46.6 Å². The molecule has 0 aromatic heterocycles. The Labute approximate surface area is 172 Å². The first-order chi connectivity index (χ1) is 14.1. The van der Waals surface area contributed by atoms with Crippen LogP contribution < -0.4 is 4.74 Å². The molecular formula is C23H18FNO3S. The molecule has 146 valence electrons. The van der Waals surface area contributed by atoms with Crippen molar-refractivity contribution in [2.24, 2.45) is 0 Å². The van der Waals surface area contributed by atoms with Crippen LogP contribution >= 0.6 is 11.8 Å². The van der Waals surface area contributed by atoms with Crippen LogP contribution in [0.3, 0.4) is 0 Å². The lowest BCUT2D eigenvalue weighted by Gasteiger charge is -2.13. The maximum absolute atomic E-state index is 13.1. The van der Waals surface area contributed by atoms with Gasteiger partial charge in [-0.1, -0.05) is 42.5 Å². The van der Waals surface area contributed by atoms with E-state index in [0.29, 0.717) is 17.2 Å². The average molecular weight is 407 g/mol. The number of imide groups is 1. The van der Waals surface area contributed by atoms with E-state index in [1.807, 2.05) is 36.4 Å². The third kappa shape index (κ3) is 3.89. The SMILES string of the molecule is CCN1C(=O)S/C(=C/c2c(OCc3ccc(F)cc3)ccc3ccccc23)C1=O. The molecule has 0 radical (unpaired) electrons. The molecular weight excluding hydrogens is 389 g/mol. The number of hydrogen-bond acceptors (Lipinski definition) is 4. The van der Waals surface area contributed by atoms with Gasteiger partial charge in [0.2, 0.25) is 0 Å². The van der Waals surface area contributed by atoms with E-state index in [-0.39, 0.29) is 23.6 Å². The number of likely N-dealkylation sites (N-methyl/N-ethyl adjacent to an activating group) is 1. The number of ether oxygens (including phenoxy) is 1. The Hall–Kier alpha value is -3.12. The van der Waals surface area contributed by atoms with Crippen molar-refractivity contribution in [1.29, 1.82) is 0 Å². The van der Waals surface area contributed by atoms with Crippen molar-refractivity contribution in [3.05, 3.63) is 82.5 Å². The standard InChI is InChI=1S/C23H18FNO3S/c1-2-25-22(26)21(29-23(25)27)13-19-18-6-4-3-5-16(18)9-12-20(19)28-14-15-7-10-17(24)11-8-15/h3-13H,2,14H2,1H3/b21-13+. The molecule has 4 nitrogen and oxygen atoms in total. The number of carbonyl (C=O) groups excluding carboxylic acids is 2. The maximum atomic E-state index is 13.1. The van der Waals surface area contributed by atoms with E-state index in [4.69, 9.17) is 4.74 Å². The molecule has 6 heteroatoms. The summed E-state index contributed by atoms with van der Waals surface area (Å²) >= 11 is 0.936. The molecule has 29 heavy (non-hydrogen) atoms. The summed E-state index contributed by atoms with van der Waals surface area (Å²) < 4.78 is 19.1. The number of nitrogens with zero attached hydrogens (tertiary/aromatic N) is 1. The van der Waals surface area contributed by atoms with E-state index >= 15 is 0 Å². The highest BCUT2D eigenvalue weighted by atomic mass is 32.2. The third-order valence-corrected chi connectivity index (χ3v) is 5.61. The lowest BCUT2D eigenvalue weighted by molar-refractivity contribution is -0.122. The number of carbonyl (C=O) groups is 2. The van der Waals surface area contributed by atoms with Crippen LogP contribution in [-0.4, -0.2) is 22.6 Å². The van der Waals surface area contributed by atoms with Crippen LogP contribution in [0.4, 0.5) is 9.18 Å². The van der Waals surface area contributed by atoms with Gasteiger partial charge in [-0.3, -0.25) is 14.5 Å². The first-order valence-corrected chi connectivity index (χ1v) is 10.0. The number of benzene rings is 3. The van der Waals surface area contributed by atoms with Crippen LogP contribution in [-0.2, 0) is 11.4 Å². The summed E-state index contributed by atoms with van der Waals surface area (Å²) in [4.78, 5) is 26.2. The van der Waals surface area contributed by atoms with Gasteiger partial charge in [0, 0.05) is 12.1 Å². The Kier molecular flexibility index (Phi) is 5.36. The molecule has 0 bridgehead atoms. The molecule has 0 spiro atoms. The van der Waals surface area contributed by atoms with E-state index < -0.39 is 0 Å². The van der Waals surface area contributed by atoms with Gasteiger partial charge in [-0.05, 0) is 59.3 Å². The third-order valence-electron chi connectivity index (χ3n) is 4.70. The Morgan fingerprint density at radius 1 is 1.03 bits per heavy atom. The number of halogens is 1. The first-order valence-electron chi connectivity index (χ1n) is 9.21. The molecule has 1 saturated heterocycles. The molecule has 0 N–H and O–H groups in total. The highest BCUT2D eigenvalue weighted by molar-refractivity contribution is 8.18. The summed E-state index contributed by atoms with van der Waals surface area (Å²) in [5.41, 5.74) is 1.57. The van der Waals surface area contributed by atoms with E-state index in [1.165, 1.54) is 17.0 Å². The molecule has 1 aliphatic heterocycles. The lowest BCUT2D eigenvalue weighted by atomic mass is 10.0. The summed E-state index contributed by atoms with van der Waals surface area (Å²) in [6.07, 6.45) is 1.73. The zero-order valence-electron chi connectivity index (χ0n) is 15.7. The molecule has 0 atom stereocenters. The van der Waals surface area contributed by atoms with Crippen molar-refractivity contribution in [2.75, 3.05) is 6.54 Å². The summed E-state index contributed by atoms with van der Waals surface area (Å²) in [5, 5.41) is 1.66. The average Bonchev–Trinajstić information content (AvgIpc) is 3.01. The predicted molar refractivity (Wildman–Crippen MR) is 113 cm³/mol. The van der Waals surface area contributed by atoms with Crippen molar-refractivity contribution in [2.45, 2.75) is 13.5 Å². The molecule has 2 amide bonds. The van der Waals surface area contributed by atoms with E-state index in [9.17, 15) is 14.0 Å². The van der Waals surface area contributed by atoms with Crippen LogP contribution in [0.2, 0.25) is 0 Å². The van der Waals surface area contributed by atoms with E-state index in [2.05, 4.69) is 0 Å². The molecule has 1 aliphatic rings. The van der Waals surface area contributed by atoms with Crippen LogP contribution in [0, 0.1) is 5.82 Å². The second kappa shape index (κ2) is 8.09. The van der Waals surface area contributed by atoms with Gasteiger partial charge in [-0.25, -0.2) is 4.39 Å². The molecule has 3 aromatic rings. The molecule has 3 aromatic carbocycles. The monoisotopic (exact) mass is 407 g/mol. The van der Waals surface area contributed by atoms with Crippen molar-refractivity contribution < 1.29 is 18.7 Å². The fraction of sp³-hybridized carbons (Fsp3) is 0.130. The quantitative estimate of drug-likeness (QED) is 0.516. The largest absolute Gasteiger partial charge is 0.488 e. The Bertz CT molecular complexity index is 1120. The first kappa shape index (κ1) is 19.2. The lowest BCUT2D eigenvalue weighted by Crippen LogP contribution is -2.27. The number of thioether (sulfide) groups is 1. The molecule has 0 unspecified atom stereocenters. The Balaban J connectivity index is 1.73. The predicted octanol–water partition coefficient (Wildman–Crippen LogP) is 5.61. The van der Waals surface area contributed by atoms with Gasteiger partial charge in [0.15, 0.2) is 0 Å². The molecule has 4 rings (SSSR count). The minimum Gasteiger partial charge on any atom is -0.488 e. The van der Waals surface area contributed by atoms with Gasteiger partial charge in [0.1, 0.15) is 18.2 Å². The minimum atomic E-state index is -0.299. The Morgan fingerprint density at radius 3 is 2.52 bits per heavy atom. The van der Waals surface area contributed by atoms with Crippen molar-refractivity contribution in [3.63, 3.8) is 0 Å². The Morgan fingerprint density at radius 2 is 1.79 bits per heavy atom. The van der Waals surface area contributed by atoms with Crippen molar-refractivity contribution in [3.8, 4) is 5.75 Å². The van der Waals surface area contributed by atoms with Gasteiger partial charge >= 0.3 is 0 Å². The normalized spacial score (nSPS) is 15.5. The van der Waals surface area contributed by atoms with Gasteiger partial charge in [0.05, 0.1) is 4.91 Å². The summed E-state index contributed by atoms with van der Waals surface area (Å²) in [7, 11) is 0. The highest BCUT2D eigenvalue weighted by Gasteiger charge is 2.34. The van der Waals surface area contributed by atoms with Crippen LogP contribution in [0.5, 0.6) is 5.75 Å². The minimum absolute atomic E-state index is 0.260. The maximum Gasteiger partial charge on any atom is 0.293 e. The second-order valence-electron chi connectivity index (χ2n) is 6.54. The van der Waals surface area contributed by atoms with Gasteiger partial charge in [-0.15, -0.1) is 0 Å². The molecule has 1 heterocycles. The number of hydrogen-bond donors (Lipinski definition) is 0. The molecule has 1 fully saturated rings. The van der Waals surface area contributed by atoms with Crippen LogP contribution in [0.1, 0.15) is 18.1 Å². The number of fused-ring (bicyclic) bond motifs is 1. The van der Waals surface area contributed by atoms with Crippen molar-refractivity contribution >= 4 is 39.8 Å². The summed E-state index contributed by atoms with van der Waals surface area (Å²) in [5.74, 6) is 0.00281. The second-order valence-corrected chi connectivity index (χ2v) is 7.53. The van der Waals surface area contributed by atoms with Crippen LogP contribution in [0.25, 0.3) is 16.8 Å². The van der Waals surface area contributed by atoms with Gasteiger partial charge in [-0.2, -0.15) is 0 Å². The highest BCUT2D eigenvalue weighted by Crippen LogP contribution is 2.36. The summed E-state index contributed by atoms with van der Waals surface area (Å²) in [6, 6.07) is 17.7. The fourth-order valence-electron chi connectivity index (χ4n) is 3.20. The van der Waals surface area contributed by atoms with E-state index in [1.54, 1.807) is 25.1 Å². The summed E-state index contributed by atoms with van der Waals surface area (Å²) in [6.45, 7) is 2.37. The van der Waals surface area contributed by atoms with Gasteiger partial charge in [0.25, 0.3) is 11.1 Å². The smallest absolute Gasteiger partial charge is 0.293 e. The van der Waals surface area contributed by atoms with Crippen molar-refractivity contribution in [1.82, 2.24) is 4.90 Å². The number of rotatable bonds is 5. The zero-order chi connectivity index (χ0) is 20.4. The van der Waals surface area contributed by atoms with Crippen LogP contribution in [0.15, 0.2) is 65.6 Å². The zero-order valence-corrected chi connectivity index (χ0v) is 16.5. The molecule has 0 aliphatic carbocycles. The number of amides is 2. The molecule has 0 saturated carbocycles. The fourth-order valence-corrected chi connectivity index (χ4v) is 4.08. The van der Waals surface area contributed by atoms with E-state index in [0.717, 1.165) is 33.7 Å².